The quantitative estimate of drug-likeness (QED) is 0.741. The van der Waals surface area contributed by atoms with E-state index in [-0.39, 0.29) is 24.5 Å². The molecule has 31 heavy (non-hydrogen) atoms. The number of carbonyl (C=O) groups excluding carboxylic acids is 2. The molecule has 0 aliphatic carbocycles. The Kier molecular flexibility index (Phi) is 7.12. The number of ether oxygens (including phenoxy) is 2. The smallest absolute Gasteiger partial charge is 0.317 e. The van der Waals surface area contributed by atoms with Crippen LogP contribution in [-0.2, 0) is 4.79 Å². The van der Waals surface area contributed by atoms with Crippen LogP contribution in [0.5, 0.6) is 11.5 Å². The number of hydrazone groups is 1. The van der Waals surface area contributed by atoms with Crippen LogP contribution in [0.3, 0.4) is 0 Å². The number of benzene rings is 2. The summed E-state index contributed by atoms with van der Waals surface area (Å²) in [6, 6.07) is 14.5. The van der Waals surface area contributed by atoms with Crippen LogP contribution in [0.25, 0.3) is 0 Å². The van der Waals surface area contributed by atoms with Crippen molar-refractivity contribution in [3.05, 3.63) is 59.7 Å². The maximum absolute atomic E-state index is 13.2. The molecule has 1 atom stereocenters. The standard InChI is InChI=1S/C23H28N4O4/c1-5-24-23(29)26(2)15-22(28)27-20(18-11-6-7-12-21(18)31-4)14-19(25-27)16-9-8-10-17(13-16)30-3/h6-13,20H,5,14-15H2,1-4H3,(H,24,29)/t20-/m1/s1. The van der Waals surface area contributed by atoms with Crippen LogP contribution in [-0.4, -0.2) is 61.9 Å². The molecule has 0 saturated heterocycles. The average molecular weight is 425 g/mol. The molecule has 1 aliphatic rings. The van der Waals surface area contributed by atoms with Crippen LogP contribution in [0, 0.1) is 0 Å². The Morgan fingerprint density at radius 2 is 1.94 bits per heavy atom. The van der Waals surface area contributed by atoms with Crippen molar-refractivity contribution in [2.24, 2.45) is 5.10 Å². The molecule has 3 amide bonds. The molecule has 1 N–H and O–H groups in total. The first-order valence-electron chi connectivity index (χ1n) is 10.1. The molecule has 0 radical (unpaired) electrons. The molecule has 0 saturated carbocycles. The van der Waals surface area contributed by atoms with Gasteiger partial charge in [0.1, 0.15) is 18.0 Å². The monoisotopic (exact) mass is 424 g/mol. The maximum Gasteiger partial charge on any atom is 0.317 e. The topological polar surface area (TPSA) is 83.5 Å². The largest absolute Gasteiger partial charge is 0.497 e. The van der Waals surface area contributed by atoms with Crippen LogP contribution in [0.4, 0.5) is 4.79 Å². The van der Waals surface area contributed by atoms with Crippen LogP contribution in [0.15, 0.2) is 53.6 Å². The summed E-state index contributed by atoms with van der Waals surface area (Å²) in [5.74, 6) is 1.13. The molecule has 2 aromatic rings. The van der Waals surface area contributed by atoms with Crippen molar-refractivity contribution < 1.29 is 19.1 Å². The molecule has 0 spiro atoms. The molecule has 2 aromatic carbocycles. The van der Waals surface area contributed by atoms with Gasteiger partial charge in [0.15, 0.2) is 0 Å². The lowest BCUT2D eigenvalue weighted by Gasteiger charge is -2.25. The van der Waals surface area contributed by atoms with Crippen LogP contribution in [0.2, 0.25) is 0 Å². The van der Waals surface area contributed by atoms with Crippen molar-refractivity contribution in [1.82, 2.24) is 15.2 Å². The zero-order chi connectivity index (χ0) is 22.4. The summed E-state index contributed by atoms with van der Waals surface area (Å²) in [6.07, 6.45) is 0.518. The minimum Gasteiger partial charge on any atom is -0.497 e. The molecule has 1 heterocycles. The molecular weight excluding hydrogens is 396 g/mol. The summed E-state index contributed by atoms with van der Waals surface area (Å²) in [6.45, 7) is 2.23. The summed E-state index contributed by atoms with van der Waals surface area (Å²) < 4.78 is 10.9. The van der Waals surface area contributed by atoms with E-state index in [9.17, 15) is 9.59 Å². The Balaban J connectivity index is 1.94. The molecule has 0 bridgehead atoms. The van der Waals surface area contributed by atoms with E-state index in [0.717, 1.165) is 22.6 Å². The van der Waals surface area contributed by atoms with E-state index in [2.05, 4.69) is 10.4 Å². The van der Waals surface area contributed by atoms with Gasteiger partial charge in [0.05, 0.1) is 26.0 Å². The SMILES string of the molecule is CCNC(=O)N(C)CC(=O)N1N=C(c2cccc(OC)c2)C[C@@H]1c1ccccc1OC. The molecule has 3 rings (SSSR count). The Hall–Kier alpha value is -3.55. The lowest BCUT2D eigenvalue weighted by Crippen LogP contribution is -2.43. The number of nitrogens with one attached hydrogen (secondary N) is 1. The van der Waals surface area contributed by atoms with E-state index in [4.69, 9.17) is 9.47 Å². The third-order valence-corrected chi connectivity index (χ3v) is 5.11. The molecule has 8 nitrogen and oxygen atoms in total. The van der Waals surface area contributed by atoms with Gasteiger partial charge in [-0.15, -0.1) is 0 Å². The highest BCUT2D eigenvalue weighted by Gasteiger charge is 2.35. The van der Waals surface area contributed by atoms with Crippen LogP contribution < -0.4 is 14.8 Å². The van der Waals surface area contributed by atoms with Gasteiger partial charge in [-0.2, -0.15) is 5.10 Å². The van der Waals surface area contributed by atoms with Crippen molar-refractivity contribution in [2.45, 2.75) is 19.4 Å². The summed E-state index contributed by atoms with van der Waals surface area (Å²) >= 11 is 0. The highest BCUT2D eigenvalue weighted by Crippen LogP contribution is 2.37. The Bertz CT molecular complexity index is 976. The van der Waals surface area contributed by atoms with Gasteiger partial charge >= 0.3 is 6.03 Å². The van der Waals surface area contributed by atoms with Crippen molar-refractivity contribution in [1.29, 1.82) is 0 Å². The molecule has 0 aromatic heterocycles. The number of amides is 3. The normalized spacial score (nSPS) is 15.3. The maximum atomic E-state index is 13.2. The highest BCUT2D eigenvalue weighted by atomic mass is 16.5. The lowest BCUT2D eigenvalue weighted by molar-refractivity contribution is -0.133. The van der Waals surface area contributed by atoms with Crippen molar-refractivity contribution in [3.8, 4) is 11.5 Å². The zero-order valence-corrected chi connectivity index (χ0v) is 18.3. The predicted molar refractivity (Wildman–Crippen MR) is 118 cm³/mol. The zero-order valence-electron chi connectivity index (χ0n) is 18.3. The van der Waals surface area contributed by atoms with E-state index < -0.39 is 0 Å². The number of carbonyl (C=O) groups is 2. The van der Waals surface area contributed by atoms with Gasteiger partial charge in [-0.25, -0.2) is 9.80 Å². The van der Waals surface area contributed by atoms with Gasteiger partial charge in [-0.05, 0) is 25.1 Å². The molecular formula is C23H28N4O4. The molecule has 8 heteroatoms. The van der Waals surface area contributed by atoms with Gasteiger partial charge in [0.25, 0.3) is 5.91 Å². The molecule has 1 aliphatic heterocycles. The van der Waals surface area contributed by atoms with E-state index in [1.54, 1.807) is 21.3 Å². The van der Waals surface area contributed by atoms with E-state index in [1.165, 1.54) is 9.91 Å². The number of urea groups is 1. The van der Waals surface area contributed by atoms with Gasteiger partial charge in [0.2, 0.25) is 0 Å². The number of nitrogens with zero attached hydrogens (tertiary/aromatic N) is 3. The summed E-state index contributed by atoms with van der Waals surface area (Å²) in [7, 11) is 4.80. The number of rotatable bonds is 7. The first-order valence-corrected chi connectivity index (χ1v) is 10.1. The number of hydrogen-bond donors (Lipinski definition) is 1. The fraction of sp³-hybridized carbons (Fsp3) is 0.348. The molecule has 164 valence electrons. The summed E-state index contributed by atoms with van der Waals surface area (Å²) in [4.78, 5) is 26.6. The average Bonchev–Trinajstić information content (AvgIpc) is 3.24. The van der Waals surface area contributed by atoms with E-state index in [1.807, 2.05) is 55.5 Å². The second kappa shape index (κ2) is 9.97. The van der Waals surface area contributed by atoms with Crippen molar-refractivity contribution >= 4 is 17.6 Å². The number of methoxy groups -OCH3 is 2. The number of hydrogen-bond acceptors (Lipinski definition) is 5. The fourth-order valence-electron chi connectivity index (χ4n) is 3.53. The summed E-state index contributed by atoms with van der Waals surface area (Å²) in [5, 5.41) is 8.81. The third kappa shape index (κ3) is 4.96. The summed E-state index contributed by atoms with van der Waals surface area (Å²) in [5.41, 5.74) is 2.51. The first kappa shape index (κ1) is 22.1. The van der Waals surface area contributed by atoms with E-state index in [0.29, 0.717) is 18.7 Å². The van der Waals surface area contributed by atoms with Gasteiger partial charge in [0, 0.05) is 31.1 Å². The molecule has 0 fully saturated rings. The fourth-order valence-corrected chi connectivity index (χ4v) is 3.53. The van der Waals surface area contributed by atoms with Crippen LogP contribution in [0.1, 0.15) is 30.5 Å². The van der Waals surface area contributed by atoms with Crippen molar-refractivity contribution in [3.63, 3.8) is 0 Å². The minimum atomic E-state index is -0.340. The van der Waals surface area contributed by atoms with E-state index >= 15 is 0 Å². The Morgan fingerprint density at radius 1 is 1.16 bits per heavy atom. The number of likely N-dealkylation sites (N-methyl/N-ethyl adjacent to an activating group) is 1. The first-order chi connectivity index (χ1) is 15.0. The second-order valence-electron chi connectivity index (χ2n) is 7.17. The third-order valence-electron chi connectivity index (χ3n) is 5.11. The Morgan fingerprint density at radius 3 is 2.65 bits per heavy atom. The lowest BCUT2D eigenvalue weighted by atomic mass is 9.97. The van der Waals surface area contributed by atoms with Gasteiger partial charge < -0.3 is 19.7 Å². The van der Waals surface area contributed by atoms with Gasteiger partial charge in [-0.1, -0.05) is 30.3 Å². The predicted octanol–water partition coefficient (Wildman–Crippen LogP) is 3.04. The van der Waals surface area contributed by atoms with Crippen LogP contribution >= 0.6 is 0 Å². The van der Waals surface area contributed by atoms with Gasteiger partial charge in [-0.3, -0.25) is 4.79 Å². The number of para-hydroxylation sites is 1. The minimum absolute atomic E-state index is 0.0909. The Labute approximate surface area is 182 Å². The second-order valence-corrected chi connectivity index (χ2v) is 7.17. The molecule has 0 unspecified atom stereocenters. The highest BCUT2D eigenvalue weighted by molar-refractivity contribution is 6.03. The van der Waals surface area contributed by atoms with Crippen molar-refractivity contribution in [2.75, 3.05) is 34.4 Å².